The third-order valence-corrected chi connectivity index (χ3v) is 17.7. The lowest BCUT2D eigenvalue weighted by Gasteiger charge is -2.22. The lowest BCUT2D eigenvalue weighted by molar-refractivity contribution is -0.143. The molecule has 0 spiro atoms. The Morgan fingerprint density at radius 1 is 0.337 bits per heavy atom. The van der Waals surface area contributed by atoms with Crippen molar-refractivity contribution < 1.29 is 24.5 Å². The van der Waals surface area contributed by atoms with Crippen LogP contribution in [-0.2, 0) is 14.3 Å². The summed E-state index contributed by atoms with van der Waals surface area (Å²) in [4.78, 5) is 24.6. The molecule has 0 heterocycles. The molecular formula is C77H147NO5. The number of aliphatic hydroxyl groups is 2. The van der Waals surface area contributed by atoms with Crippen LogP contribution in [0, 0.1) is 0 Å². The summed E-state index contributed by atoms with van der Waals surface area (Å²) in [5, 5.41) is 23.4. The van der Waals surface area contributed by atoms with E-state index in [-0.39, 0.29) is 18.5 Å². The highest BCUT2D eigenvalue weighted by Gasteiger charge is 2.20. The number of allylic oxidation sites excluding steroid dienone is 6. The third kappa shape index (κ3) is 69.1. The number of ether oxygens (including phenoxy) is 1. The van der Waals surface area contributed by atoms with Gasteiger partial charge in [-0.1, -0.05) is 359 Å². The highest BCUT2D eigenvalue weighted by molar-refractivity contribution is 5.76. The van der Waals surface area contributed by atoms with Crippen LogP contribution in [0.15, 0.2) is 36.5 Å². The standard InChI is InChI=1S/C77H147NO5/c1-3-5-7-9-11-13-15-17-19-20-21-33-36-39-42-45-49-53-57-61-65-69-75(80)74(73-79)78-76(81)70-66-62-58-54-50-46-43-40-37-34-31-29-27-25-23-22-24-26-28-30-32-35-38-41-44-48-52-56-60-64-68-72-83-77(82)71-67-63-59-55-51-47-18-16-14-12-10-8-6-4-2/h16,18,24,26,30,32,74-75,79-80H,3-15,17,19-23,25,27-29,31,33-73H2,1-2H3,(H,78,81)/b18-16-,26-24-,32-30-. The van der Waals surface area contributed by atoms with E-state index < -0.39 is 12.1 Å². The van der Waals surface area contributed by atoms with Gasteiger partial charge < -0.3 is 20.3 Å². The highest BCUT2D eigenvalue weighted by Crippen LogP contribution is 2.19. The zero-order chi connectivity index (χ0) is 59.9. The van der Waals surface area contributed by atoms with Crippen molar-refractivity contribution in [2.75, 3.05) is 13.2 Å². The van der Waals surface area contributed by atoms with Gasteiger partial charge in [-0.05, 0) is 83.5 Å². The number of esters is 1. The van der Waals surface area contributed by atoms with Crippen molar-refractivity contribution in [2.45, 2.75) is 431 Å². The lowest BCUT2D eigenvalue weighted by atomic mass is 10.0. The molecule has 0 rings (SSSR count). The van der Waals surface area contributed by atoms with Crippen LogP contribution in [0.3, 0.4) is 0 Å². The van der Waals surface area contributed by atoms with Crippen molar-refractivity contribution in [3.63, 3.8) is 0 Å². The Hall–Kier alpha value is -1.92. The highest BCUT2D eigenvalue weighted by atomic mass is 16.5. The predicted octanol–water partition coefficient (Wildman–Crippen LogP) is 24.7. The minimum absolute atomic E-state index is 0.00521. The molecule has 2 atom stereocenters. The van der Waals surface area contributed by atoms with Gasteiger partial charge in [-0.15, -0.1) is 0 Å². The van der Waals surface area contributed by atoms with Crippen molar-refractivity contribution in [3.05, 3.63) is 36.5 Å². The first-order chi connectivity index (χ1) is 41.0. The molecule has 0 radical (unpaired) electrons. The molecule has 0 fully saturated rings. The molecule has 0 aliphatic heterocycles. The molecular weight excluding hydrogens is 1020 g/mol. The molecule has 1 amide bonds. The second-order valence-corrected chi connectivity index (χ2v) is 26.0. The summed E-state index contributed by atoms with van der Waals surface area (Å²) >= 11 is 0. The Labute approximate surface area is 519 Å². The summed E-state index contributed by atoms with van der Waals surface area (Å²) in [6.45, 7) is 4.98. The van der Waals surface area contributed by atoms with Crippen LogP contribution in [0.2, 0.25) is 0 Å². The van der Waals surface area contributed by atoms with Gasteiger partial charge in [0, 0.05) is 12.8 Å². The Balaban J connectivity index is 3.39. The topological polar surface area (TPSA) is 95.9 Å². The first kappa shape index (κ1) is 81.1. The van der Waals surface area contributed by atoms with Gasteiger partial charge in [0.25, 0.3) is 0 Å². The Kier molecular flexibility index (Phi) is 70.9. The zero-order valence-electron chi connectivity index (χ0n) is 56.2. The molecule has 0 aliphatic carbocycles. The number of amides is 1. The number of hydrogen-bond acceptors (Lipinski definition) is 5. The summed E-state index contributed by atoms with van der Waals surface area (Å²) in [6, 6.07) is -0.542. The molecule has 0 saturated carbocycles. The summed E-state index contributed by atoms with van der Waals surface area (Å²) in [6.07, 6.45) is 93.6. The third-order valence-electron chi connectivity index (χ3n) is 17.7. The molecule has 3 N–H and O–H groups in total. The average Bonchev–Trinajstić information content (AvgIpc) is 3.49. The molecule has 0 bridgehead atoms. The summed E-state index contributed by atoms with van der Waals surface area (Å²) in [5.74, 6) is -0.0247. The Bertz CT molecular complexity index is 1340. The van der Waals surface area contributed by atoms with E-state index in [4.69, 9.17) is 4.74 Å². The van der Waals surface area contributed by atoms with E-state index in [1.54, 1.807) is 0 Å². The van der Waals surface area contributed by atoms with Gasteiger partial charge in [0.05, 0.1) is 25.4 Å². The largest absolute Gasteiger partial charge is 0.466 e. The number of hydrogen-bond donors (Lipinski definition) is 3. The van der Waals surface area contributed by atoms with Crippen molar-refractivity contribution in [3.8, 4) is 0 Å². The molecule has 0 saturated heterocycles. The Morgan fingerprint density at radius 3 is 0.928 bits per heavy atom. The summed E-state index contributed by atoms with van der Waals surface area (Å²) in [5.41, 5.74) is 0. The first-order valence-electron chi connectivity index (χ1n) is 37.7. The Morgan fingerprint density at radius 2 is 0.602 bits per heavy atom. The zero-order valence-corrected chi connectivity index (χ0v) is 56.2. The van der Waals surface area contributed by atoms with Crippen LogP contribution in [0.4, 0.5) is 0 Å². The fourth-order valence-corrected chi connectivity index (χ4v) is 11.9. The number of unbranched alkanes of at least 4 members (excludes halogenated alkanes) is 54. The smallest absolute Gasteiger partial charge is 0.305 e. The number of nitrogens with one attached hydrogen (secondary N) is 1. The second kappa shape index (κ2) is 72.6. The molecule has 83 heavy (non-hydrogen) atoms. The van der Waals surface area contributed by atoms with Gasteiger partial charge in [0.1, 0.15) is 0 Å². The van der Waals surface area contributed by atoms with Crippen LogP contribution in [0.1, 0.15) is 418 Å². The fourth-order valence-electron chi connectivity index (χ4n) is 11.9. The number of carbonyl (C=O) groups is 2. The van der Waals surface area contributed by atoms with Crippen molar-refractivity contribution in [2.24, 2.45) is 0 Å². The van der Waals surface area contributed by atoms with Crippen molar-refractivity contribution >= 4 is 11.9 Å². The van der Waals surface area contributed by atoms with E-state index in [9.17, 15) is 19.8 Å². The maximum Gasteiger partial charge on any atom is 0.305 e. The second-order valence-electron chi connectivity index (χ2n) is 26.0. The minimum Gasteiger partial charge on any atom is -0.466 e. The van der Waals surface area contributed by atoms with Crippen LogP contribution >= 0.6 is 0 Å². The summed E-state index contributed by atoms with van der Waals surface area (Å²) < 4.78 is 5.48. The number of aliphatic hydroxyl groups excluding tert-OH is 2. The van der Waals surface area contributed by atoms with Crippen LogP contribution in [0.5, 0.6) is 0 Å². The van der Waals surface area contributed by atoms with Crippen molar-refractivity contribution in [1.29, 1.82) is 0 Å². The van der Waals surface area contributed by atoms with E-state index in [2.05, 4.69) is 55.6 Å². The SMILES string of the molecule is CCCCCCC/C=C\CCCCCCCC(=O)OCCCCCCCCCCC/C=C\C/C=C\CCCCCCCCCCCCCCCCCC(=O)NC(CO)C(O)CCCCCCCCCCCCCCCCCCCCCCC. The lowest BCUT2D eigenvalue weighted by Crippen LogP contribution is -2.45. The fraction of sp³-hybridized carbons (Fsp3) is 0.896. The first-order valence-corrected chi connectivity index (χ1v) is 37.7. The number of rotatable bonds is 71. The van der Waals surface area contributed by atoms with Gasteiger partial charge in [-0.25, -0.2) is 0 Å². The van der Waals surface area contributed by atoms with E-state index >= 15 is 0 Å². The molecule has 0 aromatic heterocycles. The molecule has 490 valence electrons. The van der Waals surface area contributed by atoms with E-state index in [1.165, 1.54) is 334 Å². The van der Waals surface area contributed by atoms with Crippen LogP contribution in [0.25, 0.3) is 0 Å². The minimum atomic E-state index is -0.665. The molecule has 0 aromatic carbocycles. The molecule has 0 aromatic rings. The molecule has 6 heteroatoms. The number of carbonyl (C=O) groups excluding carboxylic acids is 2. The van der Waals surface area contributed by atoms with Gasteiger partial charge >= 0.3 is 5.97 Å². The molecule has 6 nitrogen and oxygen atoms in total. The maximum atomic E-state index is 12.6. The predicted molar refractivity (Wildman–Crippen MR) is 366 cm³/mol. The van der Waals surface area contributed by atoms with E-state index in [0.717, 1.165) is 51.4 Å². The van der Waals surface area contributed by atoms with Gasteiger partial charge in [-0.2, -0.15) is 0 Å². The van der Waals surface area contributed by atoms with Gasteiger partial charge in [0.15, 0.2) is 0 Å². The van der Waals surface area contributed by atoms with Crippen LogP contribution in [-0.4, -0.2) is 47.4 Å². The van der Waals surface area contributed by atoms with Crippen molar-refractivity contribution in [1.82, 2.24) is 5.32 Å². The molecule has 2 unspecified atom stereocenters. The van der Waals surface area contributed by atoms with Gasteiger partial charge in [0.2, 0.25) is 5.91 Å². The normalized spacial score (nSPS) is 12.7. The summed E-state index contributed by atoms with van der Waals surface area (Å²) in [7, 11) is 0. The van der Waals surface area contributed by atoms with E-state index in [1.807, 2.05) is 0 Å². The quantitative estimate of drug-likeness (QED) is 0.0320. The monoisotopic (exact) mass is 1170 g/mol. The maximum absolute atomic E-state index is 12.6. The van der Waals surface area contributed by atoms with Gasteiger partial charge in [-0.3, -0.25) is 9.59 Å². The molecule has 0 aliphatic rings. The van der Waals surface area contributed by atoms with E-state index in [0.29, 0.717) is 25.9 Å². The van der Waals surface area contributed by atoms with Crippen LogP contribution < -0.4 is 5.32 Å². The average molecular weight is 1170 g/mol.